The first-order valence-corrected chi connectivity index (χ1v) is 7.78. The summed E-state index contributed by atoms with van der Waals surface area (Å²) in [6.07, 6.45) is 0. The molecule has 0 N–H and O–H groups in total. The van der Waals surface area contributed by atoms with Gasteiger partial charge in [-0.25, -0.2) is 4.99 Å². The van der Waals surface area contributed by atoms with Crippen molar-refractivity contribution >= 4 is 38.9 Å². The number of methoxy groups -OCH3 is 1. The van der Waals surface area contributed by atoms with Gasteiger partial charge in [0, 0.05) is 16.6 Å². The summed E-state index contributed by atoms with van der Waals surface area (Å²) < 4.78 is 6.07. The van der Waals surface area contributed by atoms with Crippen molar-refractivity contribution in [1.82, 2.24) is 0 Å². The predicted octanol–water partition coefficient (Wildman–Crippen LogP) is 3.95. The van der Waals surface area contributed by atoms with Gasteiger partial charge in [-0.3, -0.25) is 4.79 Å². The first-order chi connectivity index (χ1) is 10.6. The molecule has 0 saturated carbocycles. The largest absolute Gasteiger partial charge is 0.497 e. The van der Waals surface area contributed by atoms with Crippen molar-refractivity contribution in [1.29, 1.82) is 0 Å². The highest BCUT2D eigenvalue weighted by Gasteiger charge is 2.32. The molecule has 0 atom stereocenters. The number of amides is 1. The van der Waals surface area contributed by atoms with E-state index in [9.17, 15) is 4.79 Å². The van der Waals surface area contributed by atoms with E-state index in [-0.39, 0.29) is 5.91 Å². The fourth-order valence-electron chi connectivity index (χ4n) is 2.49. The zero-order valence-corrected chi connectivity index (χ0v) is 13.9. The molecule has 112 valence electrons. The summed E-state index contributed by atoms with van der Waals surface area (Å²) in [5, 5.41) is 0. The van der Waals surface area contributed by atoms with Crippen LogP contribution in [0.4, 0.5) is 11.4 Å². The van der Waals surface area contributed by atoms with Crippen molar-refractivity contribution in [3.8, 4) is 5.75 Å². The number of carbonyl (C=O) groups is 1. The molecular weight excluding hydrogens is 344 g/mol. The normalized spacial score (nSPS) is 15.3. The highest BCUT2D eigenvalue weighted by atomic mass is 79.9. The fourth-order valence-corrected chi connectivity index (χ4v) is 2.85. The number of ether oxygens (including phenoxy) is 1. The van der Waals surface area contributed by atoms with E-state index in [0.717, 1.165) is 27.2 Å². The highest BCUT2D eigenvalue weighted by Crippen LogP contribution is 2.33. The SMILES string of the molecule is CCN1C(=O)C(=Nc2ccc(OC)cc2)c2cc(Br)ccc21. The van der Waals surface area contributed by atoms with Crippen LogP contribution in [0.5, 0.6) is 5.75 Å². The van der Waals surface area contributed by atoms with Gasteiger partial charge in [0.15, 0.2) is 0 Å². The molecule has 1 aliphatic heterocycles. The highest BCUT2D eigenvalue weighted by molar-refractivity contribution is 9.10. The number of fused-ring (bicyclic) bond motifs is 1. The van der Waals surface area contributed by atoms with E-state index in [4.69, 9.17) is 4.74 Å². The van der Waals surface area contributed by atoms with E-state index in [1.165, 1.54) is 0 Å². The number of nitrogens with zero attached hydrogens (tertiary/aromatic N) is 2. The number of anilines is 1. The zero-order chi connectivity index (χ0) is 15.7. The number of hydrogen-bond donors (Lipinski definition) is 0. The first-order valence-electron chi connectivity index (χ1n) is 6.98. The van der Waals surface area contributed by atoms with Gasteiger partial charge in [0.1, 0.15) is 11.5 Å². The second-order valence-electron chi connectivity index (χ2n) is 4.87. The smallest absolute Gasteiger partial charge is 0.277 e. The number of benzene rings is 2. The molecule has 22 heavy (non-hydrogen) atoms. The summed E-state index contributed by atoms with van der Waals surface area (Å²) in [6, 6.07) is 13.2. The van der Waals surface area contributed by atoms with E-state index in [1.807, 2.05) is 49.4 Å². The van der Waals surface area contributed by atoms with Crippen molar-refractivity contribution in [2.45, 2.75) is 6.92 Å². The maximum atomic E-state index is 12.6. The molecule has 2 aromatic rings. The van der Waals surface area contributed by atoms with Gasteiger partial charge < -0.3 is 9.64 Å². The molecule has 1 heterocycles. The average molecular weight is 359 g/mol. The third-order valence-electron chi connectivity index (χ3n) is 3.58. The zero-order valence-electron chi connectivity index (χ0n) is 12.3. The van der Waals surface area contributed by atoms with Crippen molar-refractivity contribution in [3.05, 3.63) is 52.5 Å². The Morgan fingerprint density at radius 3 is 2.55 bits per heavy atom. The van der Waals surface area contributed by atoms with Gasteiger partial charge in [-0.1, -0.05) is 15.9 Å². The fraction of sp³-hybridized carbons (Fsp3) is 0.176. The molecule has 1 amide bonds. The summed E-state index contributed by atoms with van der Waals surface area (Å²) in [7, 11) is 1.62. The molecule has 0 bridgehead atoms. The van der Waals surface area contributed by atoms with Gasteiger partial charge in [-0.2, -0.15) is 0 Å². The standard InChI is InChI=1S/C17H15BrN2O2/c1-3-20-15-9-4-11(18)10-14(15)16(17(20)21)19-12-5-7-13(22-2)8-6-12/h4-10H,3H2,1-2H3. The van der Waals surface area contributed by atoms with E-state index < -0.39 is 0 Å². The van der Waals surface area contributed by atoms with Crippen LogP contribution in [0, 0.1) is 0 Å². The second kappa shape index (κ2) is 5.93. The Kier molecular flexibility index (Phi) is 3.98. The Morgan fingerprint density at radius 2 is 1.91 bits per heavy atom. The van der Waals surface area contributed by atoms with Crippen LogP contribution in [-0.4, -0.2) is 25.3 Å². The molecule has 0 aromatic heterocycles. The lowest BCUT2D eigenvalue weighted by Crippen LogP contribution is -2.29. The Hall–Kier alpha value is -2.14. The molecule has 4 nitrogen and oxygen atoms in total. The van der Waals surface area contributed by atoms with Crippen molar-refractivity contribution < 1.29 is 9.53 Å². The Morgan fingerprint density at radius 1 is 1.18 bits per heavy atom. The number of hydrogen-bond acceptors (Lipinski definition) is 3. The molecule has 0 fully saturated rings. The van der Waals surface area contributed by atoms with Crippen LogP contribution in [0.3, 0.4) is 0 Å². The monoisotopic (exact) mass is 358 g/mol. The van der Waals surface area contributed by atoms with Gasteiger partial charge in [0.05, 0.1) is 18.5 Å². The van der Waals surface area contributed by atoms with Crippen LogP contribution in [0.2, 0.25) is 0 Å². The Labute approximate surface area is 137 Å². The molecule has 1 aliphatic rings. The number of halogens is 1. The quantitative estimate of drug-likeness (QED) is 0.833. The van der Waals surface area contributed by atoms with E-state index in [1.54, 1.807) is 12.0 Å². The number of aliphatic imine (C=N–C) groups is 1. The lowest BCUT2D eigenvalue weighted by Gasteiger charge is -2.13. The number of rotatable bonds is 3. The van der Waals surface area contributed by atoms with Crippen LogP contribution < -0.4 is 9.64 Å². The maximum Gasteiger partial charge on any atom is 0.277 e. The molecule has 0 radical (unpaired) electrons. The lowest BCUT2D eigenvalue weighted by molar-refractivity contribution is -0.112. The van der Waals surface area contributed by atoms with Gasteiger partial charge >= 0.3 is 0 Å². The molecule has 3 rings (SSSR count). The molecule has 0 unspecified atom stereocenters. The summed E-state index contributed by atoms with van der Waals surface area (Å²) in [5.74, 6) is 0.700. The van der Waals surface area contributed by atoms with Crippen molar-refractivity contribution in [2.75, 3.05) is 18.6 Å². The average Bonchev–Trinajstić information content (AvgIpc) is 2.79. The molecule has 0 aliphatic carbocycles. The molecule has 5 heteroatoms. The van der Waals surface area contributed by atoms with Crippen molar-refractivity contribution in [3.63, 3.8) is 0 Å². The maximum absolute atomic E-state index is 12.6. The third kappa shape index (κ3) is 2.52. The van der Waals surface area contributed by atoms with Gasteiger partial charge in [0.2, 0.25) is 0 Å². The molecule has 0 spiro atoms. The lowest BCUT2D eigenvalue weighted by atomic mass is 10.1. The van der Waals surface area contributed by atoms with Crippen LogP contribution in [0.15, 0.2) is 51.9 Å². The molecule has 0 saturated heterocycles. The van der Waals surface area contributed by atoms with Crippen LogP contribution in [0.25, 0.3) is 0 Å². The number of likely N-dealkylation sites (N-methyl/N-ethyl adjacent to an activating group) is 1. The first kappa shape index (κ1) is 14.8. The van der Waals surface area contributed by atoms with E-state index in [2.05, 4.69) is 20.9 Å². The second-order valence-corrected chi connectivity index (χ2v) is 5.78. The molecular formula is C17H15BrN2O2. The van der Waals surface area contributed by atoms with Crippen LogP contribution >= 0.6 is 15.9 Å². The minimum absolute atomic E-state index is 0.0635. The third-order valence-corrected chi connectivity index (χ3v) is 4.08. The summed E-state index contributed by atoms with van der Waals surface area (Å²) in [6.45, 7) is 2.58. The van der Waals surface area contributed by atoms with Gasteiger partial charge in [0.25, 0.3) is 5.91 Å². The van der Waals surface area contributed by atoms with Crippen LogP contribution in [0.1, 0.15) is 12.5 Å². The van der Waals surface area contributed by atoms with Crippen LogP contribution in [-0.2, 0) is 4.79 Å². The van der Waals surface area contributed by atoms with Gasteiger partial charge in [-0.05, 0) is 49.4 Å². The van der Waals surface area contributed by atoms with E-state index >= 15 is 0 Å². The van der Waals surface area contributed by atoms with E-state index in [0.29, 0.717) is 12.3 Å². The predicted molar refractivity (Wildman–Crippen MR) is 91.4 cm³/mol. The van der Waals surface area contributed by atoms with Gasteiger partial charge in [-0.15, -0.1) is 0 Å². The minimum atomic E-state index is -0.0635. The number of carbonyl (C=O) groups excluding carboxylic acids is 1. The van der Waals surface area contributed by atoms with Crippen molar-refractivity contribution in [2.24, 2.45) is 4.99 Å². The molecule has 2 aromatic carbocycles. The Balaban J connectivity index is 2.08. The minimum Gasteiger partial charge on any atom is -0.497 e. The summed E-state index contributed by atoms with van der Waals surface area (Å²) in [4.78, 5) is 18.9. The summed E-state index contributed by atoms with van der Waals surface area (Å²) in [5.41, 5.74) is 2.97. The summed E-state index contributed by atoms with van der Waals surface area (Å²) >= 11 is 3.46. The Bertz CT molecular complexity index is 754. The topological polar surface area (TPSA) is 41.9 Å².